The highest BCUT2D eigenvalue weighted by atomic mass is 19.1. The molecule has 6 heteroatoms. The quantitative estimate of drug-likeness (QED) is 0.875. The first-order valence-corrected chi connectivity index (χ1v) is 7.63. The summed E-state index contributed by atoms with van der Waals surface area (Å²) in [6.07, 6.45) is 2.29. The van der Waals surface area contributed by atoms with E-state index in [-0.39, 0.29) is 11.6 Å². The van der Waals surface area contributed by atoms with Crippen molar-refractivity contribution in [2.75, 3.05) is 31.7 Å². The van der Waals surface area contributed by atoms with Crippen LogP contribution >= 0.6 is 0 Å². The molecule has 118 valence electrons. The first-order valence-electron chi connectivity index (χ1n) is 7.63. The molecule has 0 bridgehead atoms. The highest BCUT2D eigenvalue weighted by Gasteiger charge is 2.39. The lowest BCUT2D eigenvalue weighted by atomic mass is 9.92. The molecular formula is C15H24FN3O2. The van der Waals surface area contributed by atoms with Crippen LogP contribution < -0.4 is 5.32 Å². The highest BCUT2D eigenvalue weighted by molar-refractivity contribution is 5.38. The molecule has 0 saturated carbocycles. The number of nitrogens with zero attached hydrogens (tertiary/aromatic N) is 2. The lowest BCUT2D eigenvalue weighted by Gasteiger charge is -2.35. The third kappa shape index (κ3) is 3.49. The number of rotatable bonds is 6. The molecule has 0 unspecified atom stereocenters. The fraction of sp³-hybridized carbons (Fsp3) is 0.733. The van der Waals surface area contributed by atoms with Gasteiger partial charge in [-0.25, -0.2) is 14.4 Å². The number of halogens is 1. The van der Waals surface area contributed by atoms with E-state index in [1.54, 1.807) is 6.92 Å². The van der Waals surface area contributed by atoms with Crippen molar-refractivity contribution in [2.45, 2.75) is 45.6 Å². The molecule has 1 fully saturated rings. The second-order valence-electron chi connectivity index (χ2n) is 5.26. The summed E-state index contributed by atoms with van der Waals surface area (Å²) in [6, 6.07) is 0. The molecule has 0 atom stereocenters. The van der Waals surface area contributed by atoms with Gasteiger partial charge in [-0.2, -0.15) is 0 Å². The van der Waals surface area contributed by atoms with Crippen molar-refractivity contribution >= 4 is 5.82 Å². The van der Waals surface area contributed by atoms with E-state index >= 15 is 0 Å². The molecule has 2 rings (SSSR count). The van der Waals surface area contributed by atoms with Crippen LogP contribution in [0, 0.1) is 12.7 Å². The standard InChI is InChI=1S/C15H24FN3O2/c1-4-8-17-13-12(16)11(3)18-14(19-13)15(21-5-2)6-9-20-10-7-15/h4-10H2,1-3H3,(H,17,18,19). The predicted molar refractivity (Wildman–Crippen MR) is 78.9 cm³/mol. The Bertz CT molecular complexity index is 471. The van der Waals surface area contributed by atoms with E-state index in [0.717, 1.165) is 6.42 Å². The maximum atomic E-state index is 14.1. The van der Waals surface area contributed by atoms with Crippen molar-refractivity contribution < 1.29 is 13.9 Å². The second-order valence-corrected chi connectivity index (χ2v) is 5.26. The first kappa shape index (κ1) is 16.1. The van der Waals surface area contributed by atoms with Crippen molar-refractivity contribution in [3.8, 4) is 0 Å². The number of anilines is 1. The number of hydrogen-bond acceptors (Lipinski definition) is 5. The van der Waals surface area contributed by atoms with Crippen LogP contribution in [0.15, 0.2) is 0 Å². The molecule has 1 N–H and O–H groups in total. The normalized spacial score (nSPS) is 17.7. The summed E-state index contributed by atoms with van der Waals surface area (Å²) < 4.78 is 25.5. The predicted octanol–water partition coefficient (Wildman–Crippen LogP) is 2.79. The fourth-order valence-electron chi connectivity index (χ4n) is 2.53. The Hall–Kier alpha value is -1.27. The minimum atomic E-state index is -0.561. The van der Waals surface area contributed by atoms with Crippen molar-refractivity contribution in [1.82, 2.24) is 9.97 Å². The summed E-state index contributed by atoms with van der Waals surface area (Å²) in [6.45, 7) is 8.10. The van der Waals surface area contributed by atoms with Gasteiger partial charge in [-0.15, -0.1) is 0 Å². The van der Waals surface area contributed by atoms with Crippen LogP contribution in [0.2, 0.25) is 0 Å². The van der Waals surface area contributed by atoms with Crippen molar-refractivity contribution in [1.29, 1.82) is 0 Å². The van der Waals surface area contributed by atoms with Crippen molar-refractivity contribution in [3.63, 3.8) is 0 Å². The highest BCUT2D eigenvalue weighted by Crippen LogP contribution is 2.35. The average molecular weight is 297 g/mol. The molecule has 1 aromatic rings. The largest absolute Gasteiger partial charge is 0.381 e. The zero-order valence-corrected chi connectivity index (χ0v) is 13.0. The van der Waals surface area contributed by atoms with E-state index in [0.29, 0.717) is 50.7 Å². The van der Waals surface area contributed by atoms with Crippen LogP contribution in [-0.4, -0.2) is 36.3 Å². The molecular weight excluding hydrogens is 273 g/mol. The first-order chi connectivity index (χ1) is 10.1. The van der Waals surface area contributed by atoms with E-state index in [1.165, 1.54) is 0 Å². The molecule has 0 spiro atoms. The summed E-state index contributed by atoms with van der Waals surface area (Å²) >= 11 is 0. The Labute approximate surface area is 125 Å². The topological polar surface area (TPSA) is 56.3 Å². The van der Waals surface area contributed by atoms with Crippen LogP contribution in [-0.2, 0) is 15.1 Å². The van der Waals surface area contributed by atoms with Gasteiger partial charge in [0, 0.05) is 39.2 Å². The van der Waals surface area contributed by atoms with Gasteiger partial charge in [0.15, 0.2) is 17.5 Å². The lowest BCUT2D eigenvalue weighted by Crippen LogP contribution is -2.38. The molecule has 0 radical (unpaired) electrons. The summed E-state index contributed by atoms with van der Waals surface area (Å²) in [4.78, 5) is 8.76. The summed E-state index contributed by atoms with van der Waals surface area (Å²) in [5.74, 6) is 0.445. The van der Waals surface area contributed by atoms with Crippen molar-refractivity contribution in [3.05, 3.63) is 17.3 Å². The number of aromatic nitrogens is 2. The molecule has 1 saturated heterocycles. The number of hydrogen-bond donors (Lipinski definition) is 1. The van der Waals surface area contributed by atoms with Gasteiger partial charge in [0.2, 0.25) is 0 Å². The maximum Gasteiger partial charge on any atom is 0.186 e. The van der Waals surface area contributed by atoms with Crippen LogP contribution in [0.1, 0.15) is 44.6 Å². The van der Waals surface area contributed by atoms with E-state index in [2.05, 4.69) is 15.3 Å². The Morgan fingerprint density at radius 2 is 2.00 bits per heavy atom. The number of aryl methyl sites for hydroxylation is 1. The zero-order chi connectivity index (χ0) is 15.3. The van der Waals surface area contributed by atoms with Gasteiger partial charge < -0.3 is 14.8 Å². The monoisotopic (exact) mass is 297 g/mol. The summed E-state index contributed by atoms with van der Waals surface area (Å²) in [5.41, 5.74) is -0.210. The van der Waals surface area contributed by atoms with Gasteiger partial charge in [0.05, 0.1) is 5.69 Å². The summed E-state index contributed by atoms with van der Waals surface area (Å²) in [7, 11) is 0. The Kier molecular flexibility index (Phi) is 5.47. The Morgan fingerprint density at radius 1 is 1.29 bits per heavy atom. The average Bonchev–Trinajstić information content (AvgIpc) is 2.50. The number of nitrogens with one attached hydrogen (secondary N) is 1. The molecule has 2 heterocycles. The Morgan fingerprint density at radius 3 is 2.62 bits per heavy atom. The van der Waals surface area contributed by atoms with Gasteiger partial charge in [-0.1, -0.05) is 6.92 Å². The third-order valence-corrected chi connectivity index (χ3v) is 3.69. The van der Waals surface area contributed by atoms with Gasteiger partial charge >= 0.3 is 0 Å². The Balaban J connectivity index is 2.37. The van der Waals surface area contributed by atoms with E-state index < -0.39 is 5.60 Å². The van der Waals surface area contributed by atoms with Gasteiger partial charge in [0.25, 0.3) is 0 Å². The van der Waals surface area contributed by atoms with E-state index in [9.17, 15) is 4.39 Å². The number of ether oxygens (including phenoxy) is 2. The molecule has 1 aliphatic heterocycles. The van der Waals surface area contributed by atoms with Gasteiger partial charge in [-0.3, -0.25) is 0 Å². The molecule has 1 aliphatic rings. The molecule has 5 nitrogen and oxygen atoms in total. The maximum absolute atomic E-state index is 14.1. The second kappa shape index (κ2) is 7.13. The van der Waals surface area contributed by atoms with Crippen LogP contribution in [0.4, 0.5) is 10.2 Å². The molecule has 0 amide bonds. The fourth-order valence-corrected chi connectivity index (χ4v) is 2.53. The van der Waals surface area contributed by atoms with Crippen LogP contribution in [0.5, 0.6) is 0 Å². The van der Waals surface area contributed by atoms with Crippen molar-refractivity contribution in [2.24, 2.45) is 0 Å². The molecule has 21 heavy (non-hydrogen) atoms. The van der Waals surface area contributed by atoms with E-state index in [4.69, 9.17) is 9.47 Å². The van der Waals surface area contributed by atoms with Gasteiger partial charge in [0.1, 0.15) is 5.60 Å². The molecule has 1 aromatic heterocycles. The minimum Gasteiger partial charge on any atom is -0.381 e. The van der Waals surface area contributed by atoms with Crippen LogP contribution in [0.25, 0.3) is 0 Å². The van der Waals surface area contributed by atoms with Gasteiger partial charge in [-0.05, 0) is 20.3 Å². The van der Waals surface area contributed by atoms with E-state index in [1.807, 2.05) is 13.8 Å². The molecule has 0 aliphatic carbocycles. The minimum absolute atomic E-state index is 0.268. The van der Waals surface area contributed by atoms with Crippen LogP contribution in [0.3, 0.4) is 0 Å². The lowest BCUT2D eigenvalue weighted by molar-refractivity contribution is -0.117. The summed E-state index contributed by atoms with van der Waals surface area (Å²) in [5, 5.41) is 3.03. The third-order valence-electron chi connectivity index (χ3n) is 3.69. The smallest absolute Gasteiger partial charge is 0.186 e. The SMILES string of the molecule is CCCNc1nc(C2(OCC)CCOCC2)nc(C)c1F. The zero-order valence-electron chi connectivity index (χ0n) is 13.0. The molecule has 0 aromatic carbocycles.